The van der Waals surface area contributed by atoms with Crippen molar-refractivity contribution in [3.63, 3.8) is 0 Å². The van der Waals surface area contributed by atoms with Crippen molar-refractivity contribution in [1.82, 2.24) is 0 Å². The summed E-state index contributed by atoms with van der Waals surface area (Å²) in [5, 5.41) is 0. The molecule has 1 heteroatoms. The maximum atomic E-state index is 2.41. The molecule has 0 nitrogen and oxygen atoms in total. The summed E-state index contributed by atoms with van der Waals surface area (Å²) < 4.78 is 4.73. The maximum absolute atomic E-state index is 2.59. The van der Waals surface area contributed by atoms with Crippen LogP contribution in [-0.4, -0.2) is 13.6 Å². The molecule has 0 saturated carbocycles. The first-order valence-electron chi connectivity index (χ1n) is 8.13. The van der Waals surface area contributed by atoms with Gasteiger partial charge < -0.3 is 0 Å². The van der Waals surface area contributed by atoms with E-state index in [-0.39, 0.29) is 4.20 Å². The molecule has 0 unspecified atom stereocenters. The molecule has 3 aromatic rings. The number of rotatable bonds is 3. The molecule has 0 bridgehead atoms. The van der Waals surface area contributed by atoms with E-state index in [2.05, 4.69) is 112 Å². The van der Waals surface area contributed by atoms with Crippen molar-refractivity contribution in [2.45, 2.75) is 25.0 Å². The van der Waals surface area contributed by atoms with E-state index in [0.717, 1.165) is 0 Å². The molecule has 0 atom stereocenters. The van der Waals surface area contributed by atoms with Crippen LogP contribution in [0.25, 0.3) is 0 Å². The van der Waals surface area contributed by atoms with Crippen molar-refractivity contribution in [1.29, 1.82) is 0 Å². The van der Waals surface area contributed by atoms with Crippen molar-refractivity contribution in [2.75, 3.05) is 0 Å². The second kappa shape index (κ2) is 6.38. The molecule has 23 heavy (non-hydrogen) atoms. The summed E-state index contributed by atoms with van der Waals surface area (Å²) in [7, 11) is 0. The van der Waals surface area contributed by atoms with Crippen LogP contribution in [0.3, 0.4) is 0 Å². The van der Waals surface area contributed by atoms with Crippen molar-refractivity contribution < 1.29 is 0 Å². The van der Waals surface area contributed by atoms with Gasteiger partial charge >= 0.3 is 143 Å². The summed E-state index contributed by atoms with van der Waals surface area (Å²) in [6.07, 6.45) is 0. The van der Waals surface area contributed by atoms with E-state index < -0.39 is 13.6 Å². The van der Waals surface area contributed by atoms with Gasteiger partial charge in [0.05, 0.1) is 0 Å². The standard InChI is InChI=1S/C22H24As/c1-22(2,3)23(19-13-7-4-8-14-19,20-15-9-5-10-16-20)21-17-11-6-12-18-21/h4-18H,1-3H3/q+1. The predicted octanol–water partition coefficient (Wildman–Crippen LogP) is 3.96. The fourth-order valence-corrected chi connectivity index (χ4v) is 14.2. The summed E-state index contributed by atoms with van der Waals surface area (Å²) in [6.45, 7) is 7.23. The molecule has 0 saturated heterocycles. The minimum absolute atomic E-state index is 0.197. The fourth-order valence-electron chi connectivity index (χ4n) is 3.56. The van der Waals surface area contributed by atoms with Crippen molar-refractivity contribution in [3.8, 4) is 0 Å². The zero-order valence-electron chi connectivity index (χ0n) is 14.1. The molecule has 0 N–H and O–H groups in total. The van der Waals surface area contributed by atoms with Crippen molar-refractivity contribution in [2.24, 2.45) is 0 Å². The normalized spacial score (nSPS) is 12.1. The Kier molecular flexibility index (Phi) is 4.46. The van der Waals surface area contributed by atoms with Crippen LogP contribution in [0.4, 0.5) is 0 Å². The van der Waals surface area contributed by atoms with Gasteiger partial charge in [0.1, 0.15) is 0 Å². The Morgan fingerprint density at radius 3 is 0.957 bits per heavy atom. The molecular weight excluding hydrogens is 339 g/mol. The topological polar surface area (TPSA) is 0 Å². The van der Waals surface area contributed by atoms with Crippen molar-refractivity contribution in [3.05, 3.63) is 91.0 Å². The molecule has 3 rings (SSSR count). The summed E-state index contributed by atoms with van der Waals surface area (Å²) in [4.78, 5) is 0. The molecule has 0 fully saturated rings. The van der Waals surface area contributed by atoms with Gasteiger partial charge in [0, 0.05) is 0 Å². The van der Waals surface area contributed by atoms with Gasteiger partial charge in [0.15, 0.2) is 0 Å². The molecule has 0 spiro atoms. The van der Waals surface area contributed by atoms with E-state index in [9.17, 15) is 0 Å². The number of hydrogen-bond acceptors (Lipinski definition) is 0. The van der Waals surface area contributed by atoms with Crippen LogP contribution in [-0.2, 0) is 0 Å². The zero-order valence-corrected chi connectivity index (χ0v) is 16.0. The second-order valence-corrected chi connectivity index (χ2v) is 15.7. The SMILES string of the molecule is CC(C)(C)[As+](c1ccccc1)(c1ccccc1)c1ccccc1. The molecule has 116 valence electrons. The van der Waals surface area contributed by atoms with Gasteiger partial charge in [-0.2, -0.15) is 0 Å². The second-order valence-electron chi connectivity index (χ2n) is 6.85. The Hall–Kier alpha value is -1.78. The Bertz CT molecular complexity index is 644. The summed E-state index contributed by atoms with van der Waals surface area (Å²) >= 11 is -2.59. The van der Waals surface area contributed by atoms with Gasteiger partial charge in [-0.05, 0) is 0 Å². The fraction of sp³-hybridized carbons (Fsp3) is 0.182. The molecule has 0 aromatic heterocycles. The van der Waals surface area contributed by atoms with Crippen LogP contribution in [0.5, 0.6) is 0 Å². The third kappa shape index (κ3) is 2.77. The average Bonchev–Trinajstić information content (AvgIpc) is 2.57. The quantitative estimate of drug-likeness (QED) is 0.618. The van der Waals surface area contributed by atoms with Crippen LogP contribution in [0.2, 0.25) is 4.20 Å². The molecule has 0 aliphatic carbocycles. The Morgan fingerprint density at radius 1 is 0.478 bits per heavy atom. The van der Waals surface area contributed by atoms with Gasteiger partial charge in [0.25, 0.3) is 0 Å². The van der Waals surface area contributed by atoms with Crippen LogP contribution in [0.15, 0.2) is 91.0 Å². The third-order valence-corrected chi connectivity index (χ3v) is 15.4. The van der Waals surface area contributed by atoms with E-state index in [1.54, 1.807) is 0 Å². The van der Waals surface area contributed by atoms with Gasteiger partial charge in [-0.1, -0.05) is 0 Å². The summed E-state index contributed by atoms with van der Waals surface area (Å²) in [6, 6.07) is 33.4. The van der Waals surface area contributed by atoms with E-state index in [1.807, 2.05) is 0 Å². The Morgan fingerprint density at radius 2 is 0.739 bits per heavy atom. The Labute approximate surface area is 142 Å². The molecular formula is C22H24As+. The van der Waals surface area contributed by atoms with Crippen LogP contribution >= 0.6 is 0 Å². The first-order valence-corrected chi connectivity index (χ1v) is 11.9. The van der Waals surface area contributed by atoms with Gasteiger partial charge in [-0.25, -0.2) is 0 Å². The average molecular weight is 363 g/mol. The van der Waals surface area contributed by atoms with E-state index in [1.165, 1.54) is 13.1 Å². The van der Waals surface area contributed by atoms with Crippen molar-refractivity contribution >= 4 is 26.6 Å². The molecule has 0 radical (unpaired) electrons. The monoisotopic (exact) mass is 363 g/mol. The molecule has 3 aromatic carbocycles. The summed E-state index contributed by atoms with van der Waals surface area (Å²) in [5.41, 5.74) is 0. The van der Waals surface area contributed by atoms with Crippen LogP contribution in [0, 0.1) is 0 Å². The van der Waals surface area contributed by atoms with E-state index in [0.29, 0.717) is 0 Å². The Balaban J connectivity index is 2.41. The van der Waals surface area contributed by atoms with Gasteiger partial charge in [0.2, 0.25) is 0 Å². The molecule has 0 aliphatic heterocycles. The summed E-state index contributed by atoms with van der Waals surface area (Å²) in [5.74, 6) is 0. The van der Waals surface area contributed by atoms with Crippen LogP contribution in [0.1, 0.15) is 20.8 Å². The first-order chi connectivity index (χ1) is 11.1. The van der Waals surface area contributed by atoms with E-state index >= 15 is 0 Å². The minimum atomic E-state index is -2.59. The number of benzene rings is 3. The van der Waals surface area contributed by atoms with Gasteiger partial charge in [-0.3, -0.25) is 0 Å². The molecule has 0 amide bonds. The molecule has 0 heterocycles. The van der Waals surface area contributed by atoms with Gasteiger partial charge in [-0.15, -0.1) is 0 Å². The molecule has 0 aliphatic rings. The third-order valence-electron chi connectivity index (χ3n) is 4.44. The number of hydrogen-bond donors (Lipinski definition) is 0. The van der Waals surface area contributed by atoms with Crippen LogP contribution < -0.4 is 13.1 Å². The zero-order chi connectivity index (χ0) is 16.3. The predicted molar refractivity (Wildman–Crippen MR) is 104 cm³/mol. The first kappa shape index (κ1) is 16.1. The van der Waals surface area contributed by atoms with E-state index in [4.69, 9.17) is 0 Å².